The fraction of sp³-hybridized carbons (Fsp3) is 0.240. The molecule has 0 saturated carbocycles. The molecule has 1 aliphatic heterocycles. The van der Waals surface area contributed by atoms with Gasteiger partial charge >= 0.3 is 5.97 Å². The molecule has 36 heavy (non-hydrogen) atoms. The highest BCUT2D eigenvalue weighted by atomic mass is 79.9. The largest absolute Gasteiger partial charge is 0.506 e. The van der Waals surface area contributed by atoms with Gasteiger partial charge in [-0.15, -0.1) is 0 Å². The lowest BCUT2D eigenvalue weighted by Gasteiger charge is -2.23. The van der Waals surface area contributed by atoms with Gasteiger partial charge in [0.05, 0.1) is 40.9 Å². The molecule has 0 saturated heterocycles. The molecule has 8 nitrogen and oxygen atoms in total. The highest BCUT2D eigenvalue weighted by Gasteiger charge is 2.31. The van der Waals surface area contributed by atoms with E-state index in [0.29, 0.717) is 49.6 Å². The molecule has 0 unspecified atom stereocenters. The summed E-state index contributed by atoms with van der Waals surface area (Å²) in [6.45, 7) is 4.61. The Morgan fingerprint density at radius 1 is 1.17 bits per heavy atom. The number of carbonyl (C=O) groups is 1. The molecule has 2 heterocycles. The van der Waals surface area contributed by atoms with Crippen LogP contribution < -0.4 is 24.4 Å². The Morgan fingerprint density at radius 3 is 2.58 bits per heavy atom. The van der Waals surface area contributed by atoms with Gasteiger partial charge in [0.1, 0.15) is 5.75 Å². The maximum Gasteiger partial charge on any atom is 0.337 e. The van der Waals surface area contributed by atoms with Gasteiger partial charge in [0.2, 0.25) is 0 Å². The number of fused-ring (bicyclic) bond motifs is 1. The van der Waals surface area contributed by atoms with Gasteiger partial charge in [-0.25, -0.2) is 9.79 Å². The van der Waals surface area contributed by atoms with E-state index in [1.807, 2.05) is 13.8 Å². The third kappa shape index (κ3) is 5.00. The highest BCUT2D eigenvalue weighted by molar-refractivity contribution is 9.11. The molecule has 0 aliphatic carbocycles. The predicted octanol–water partition coefficient (Wildman–Crippen LogP) is 4.05. The number of aromatic nitrogens is 1. The zero-order chi connectivity index (χ0) is 26.0. The van der Waals surface area contributed by atoms with Crippen LogP contribution in [0.25, 0.3) is 6.08 Å². The van der Waals surface area contributed by atoms with Crippen LogP contribution in [0.1, 0.15) is 31.0 Å². The van der Waals surface area contributed by atoms with E-state index in [1.54, 1.807) is 36.4 Å². The van der Waals surface area contributed by atoms with E-state index in [-0.39, 0.29) is 16.9 Å². The number of thiazole rings is 1. The molecule has 1 aliphatic rings. The monoisotopic (exact) mass is 636 g/mol. The van der Waals surface area contributed by atoms with Crippen molar-refractivity contribution < 1.29 is 24.1 Å². The summed E-state index contributed by atoms with van der Waals surface area (Å²) in [5, 5.41) is 10.5. The average Bonchev–Trinajstić information content (AvgIpc) is 3.17. The average molecular weight is 638 g/mol. The summed E-state index contributed by atoms with van der Waals surface area (Å²) < 4.78 is 19.4. The molecular weight excluding hydrogens is 616 g/mol. The van der Waals surface area contributed by atoms with Crippen LogP contribution in [0.2, 0.25) is 0 Å². The van der Waals surface area contributed by atoms with Crippen LogP contribution in [-0.4, -0.2) is 36.0 Å². The molecule has 4 rings (SSSR count). The molecule has 0 bridgehead atoms. The Bertz CT molecular complexity index is 1540. The number of phenolic OH excluding ortho intramolecular Hbond substituents is 1. The Balaban J connectivity index is 1.93. The van der Waals surface area contributed by atoms with Crippen molar-refractivity contribution in [2.45, 2.75) is 19.9 Å². The summed E-state index contributed by atoms with van der Waals surface area (Å²) in [6, 6.07) is 7.92. The van der Waals surface area contributed by atoms with Crippen LogP contribution in [0.4, 0.5) is 0 Å². The Morgan fingerprint density at radius 2 is 1.89 bits per heavy atom. The van der Waals surface area contributed by atoms with Crippen molar-refractivity contribution in [1.29, 1.82) is 0 Å². The van der Waals surface area contributed by atoms with Gasteiger partial charge < -0.3 is 19.3 Å². The number of phenols is 1. The topological polar surface area (TPSA) is 99.4 Å². The fourth-order valence-corrected chi connectivity index (χ4v) is 6.04. The van der Waals surface area contributed by atoms with E-state index in [9.17, 15) is 14.7 Å². The minimum atomic E-state index is -0.798. The third-order valence-electron chi connectivity index (χ3n) is 5.35. The second kappa shape index (κ2) is 11.0. The first kappa shape index (κ1) is 26.2. The van der Waals surface area contributed by atoms with E-state index in [1.165, 1.54) is 17.9 Å². The number of rotatable bonds is 7. The molecule has 11 heteroatoms. The quantitative estimate of drug-likeness (QED) is 0.393. The third-order valence-corrected chi connectivity index (χ3v) is 7.41. The zero-order valence-electron chi connectivity index (χ0n) is 19.6. The number of hydrogen-bond donors (Lipinski definition) is 1. The summed E-state index contributed by atoms with van der Waals surface area (Å²) in [7, 11) is 1.28. The van der Waals surface area contributed by atoms with Crippen LogP contribution in [0.3, 0.4) is 0 Å². The molecule has 3 aromatic rings. The first-order valence-corrected chi connectivity index (χ1v) is 13.4. The number of halogens is 2. The van der Waals surface area contributed by atoms with E-state index < -0.39 is 12.0 Å². The Labute approximate surface area is 227 Å². The first-order valence-electron chi connectivity index (χ1n) is 11.0. The molecule has 0 fully saturated rings. The minimum Gasteiger partial charge on any atom is -0.506 e. The number of carbonyl (C=O) groups excluding carboxylic acids is 1. The van der Waals surface area contributed by atoms with E-state index in [0.717, 1.165) is 15.8 Å². The van der Waals surface area contributed by atoms with Gasteiger partial charge in [-0.3, -0.25) is 9.36 Å². The Hall–Kier alpha value is -2.89. The van der Waals surface area contributed by atoms with E-state index in [4.69, 9.17) is 14.2 Å². The van der Waals surface area contributed by atoms with Gasteiger partial charge in [0, 0.05) is 16.2 Å². The van der Waals surface area contributed by atoms with Gasteiger partial charge in [-0.05, 0) is 65.7 Å². The summed E-state index contributed by atoms with van der Waals surface area (Å²) in [6.07, 6.45) is 3.02. The SMILES string of the molecule is CCOc1ccc([C@@H]2C(C(=O)OC)=CN=c3s/c(=C\c4cc(Br)cc(Br)c4O)c(=O)n32)cc1OCC. The number of aromatic hydroxyl groups is 1. The lowest BCUT2D eigenvalue weighted by Crippen LogP contribution is -2.39. The molecule has 0 spiro atoms. The van der Waals surface area contributed by atoms with Crippen LogP contribution in [-0.2, 0) is 9.53 Å². The van der Waals surface area contributed by atoms with Crippen molar-refractivity contribution in [2.24, 2.45) is 4.99 Å². The Kier molecular flexibility index (Phi) is 8.01. The van der Waals surface area contributed by atoms with Crippen LogP contribution >= 0.6 is 43.2 Å². The molecule has 0 amide bonds. The van der Waals surface area contributed by atoms with Gasteiger partial charge in [0.25, 0.3) is 5.56 Å². The predicted molar refractivity (Wildman–Crippen MR) is 143 cm³/mol. The maximum absolute atomic E-state index is 13.7. The number of esters is 1. The number of hydrogen-bond acceptors (Lipinski definition) is 8. The molecular formula is C25H22Br2N2O6S. The second-order valence-electron chi connectivity index (χ2n) is 7.57. The second-order valence-corrected chi connectivity index (χ2v) is 10.4. The van der Waals surface area contributed by atoms with Crippen molar-refractivity contribution in [1.82, 2.24) is 4.57 Å². The lowest BCUT2D eigenvalue weighted by atomic mass is 9.97. The summed E-state index contributed by atoms with van der Waals surface area (Å²) in [4.78, 5) is 31.1. The van der Waals surface area contributed by atoms with Crippen molar-refractivity contribution in [3.05, 3.63) is 81.9 Å². The number of methoxy groups -OCH3 is 1. The van der Waals surface area contributed by atoms with Gasteiger partial charge in [-0.2, -0.15) is 0 Å². The van der Waals surface area contributed by atoms with Crippen molar-refractivity contribution in [3.8, 4) is 17.2 Å². The van der Waals surface area contributed by atoms with Crippen LogP contribution in [0, 0.1) is 0 Å². The first-order chi connectivity index (χ1) is 17.3. The number of nitrogens with zero attached hydrogens (tertiary/aromatic N) is 2. The summed E-state index contributed by atoms with van der Waals surface area (Å²) in [5.74, 6) is 0.473. The fourth-order valence-electron chi connectivity index (χ4n) is 3.82. The number of benzene rings is 2. The van der Waals surface area contributed by atoms with E-state index in [2.05, 4.69) is 36.9 Å². The van der Waals surface area contributed by atoms with Crippen molar-refractivity contribution >= 4 is 55.2 Å². The van der Waals surface area contributed by atoms with Crippen LogP contribution in [0.15, 0.2) is 60.8 Å². The molecule has 1 atom stereocenters. The highest BCUT2D eigenvalue weighted by Crippen LogP contribution is 2.35. The maximum atomic E-state index is 13.7. The van der Waals surface area contributed by atoms with Crippen LogP contribution in [0.5, 0.6) is 17.2 Å². The smallest absolute Gasteiger partial charge is 0.337 e. The van der Waals surface area contributed by atoms with E-state index >= 15 is 0 Å². The molecule has 1 aromatic heterocycles. The minimum absolute atomic E-state index is 0.00343. The lowest BCUT2D eigenvalue weighted by molar-refractivity contribution is -0.136. The summed E-state index contributed by atoms with van der Waals surface area (Å²) >= 11 is 7.87. The standard InChI is InChI=1S/C25H22Br2N2O6S/c1-4-34-18-7-6-13(9-19(18)35-5-2)21-16(24(32)33-3)12-28-25-29(21)23(31)20(36-25)10-14-8-15(26)11-17(27)22(14)30/h6-12,21,30H,4-5H2,1-3H3/b20-10-/t21-/m1/s1. The molecule has 188 valence electrons. The molecule has 0 radical (unpaired) electrons. The zero-order valence-corrected chi connectivity index (χ0v) is 23.6. The van der Waals surface area contributed by atoms with Gasteiger partial charge in [0.15, 0.2) is 16.3 Å². The van der Waals surface area contributed by atoms with Crippen molar-refractivity contribution in [2.75, 3.05) is 20.3 Å². The normalized spacial score (nSPS) is 15.1. The van der Waals surface area contributed by atoms with Crippen molar-refractivity contribution in [3.63, 3.8) is 0 Å². The van der Waals surface area contributed by atoms with Gasteiger partial charge in [-0.1, -0.05) is 33.3 Å². The molecule has 2 aromatic carbocycles. The number of ether oxygens (including phenoxy) is 3. The molecule has 1 N–H and O–H groups in total. The summed E-state index contributed by atoms with van der Waals surface area (Å²) in [5.41, 5.74) is 0.927.